The van der Waals surface area contributed by atoms with E-state index in [0.717, 1.165) is 0 Å². The third-order valence-electron chi connectivity index (χ3n) is 1.56. The Morgan fingerprint density at radius 1 is 1.36 bits per heavy atom. The summed E-state index contributed by atoms with van der Waals surface area (Å²) in [5.41, 5.74) is -0.0855. The van der Waals surface area contributed by atoms with Crippen molar-refractivity contribution in [2.45, 2.75) is 3.74 Å². The minimum Gasteiger partial charge on any atom is -0.292 e. The van der Waals surface area contributed by atoms with E-state index in [2.05, 4.69) is 31.9 Å². The van der Waals surface area contributed by atoms with Crippen molar-refractivity contribution < 1.29 is 9.72 Å². The first-order valence-electron chi connectivity index (χ1n) is 3.60. The Bertz CT molecular complexity index is 379. The average Bonchev–Trinajstić information content (AvgIpc) is 2.16. The van der Waals surface area contributed by atoms with E-state index in [0.29, 0.717) is 0 Å². The smallest absolute Gasteiger partial charge is 0.280 e. The van der Waals surface area contributed by atoms with Crippen LogP contribution < -0.4 is 0 Å². The molecule has 0 N–H and O–H groups in total. The lowest BCUT2D eigenvalue weighted by Gasteiger charge is -2.01. The molecule has 1 aromatic rings. The second-order valence-corrected chi connectivity index (χ2v) is 5.50. The predicted octanol–water partition coefficient (Wildman–Crippen LogP) is 2.89. The summed E-state index contributed by atoms with van der Waals surface area (Å²) in [5, 5.41) is 10.6. The molecule has 0 atom stereocenters. The van der Waals surface area contributed by atoms with Crippen molar-refractivity contribution in [1.29, 1.82) is 0 Å². The molecule has 0 bridgehead atoms. The van der Waals surface area contributed by atoms with Gasteiger partial charge in [0.15, 0.2) is 5.78 Å². The van der Waals surface area contributed by atoms with E-state index in [1.54, 1.807) is 6.07 Å². The summed E-state index contributed by atoms with van der Waals surface area (Å²) in [6.45, 7) is 0. The molecule has 0 unspecified atom stereocenters. The van der Waals surface area contributed by atoms with Gasteiger partial charge in [0.1, 0.15) is 3.74 Å². The van der Waals surface area contributed by atoms with E-state index in [-0.39, 0.29) is 17.0 Å². The molecule has 1 rings (SSSR count). The molecule has 4 nitrogen and oxygen atoms in total. The minimum absolute atomic E-state index is 0.0938. The van der Waals surface area contributed by atoms with Crippen molar-refractivity contribution in [3.63, 3.8) is 0 Å². The van der Waals surface area contributed by atoms with Gasteiger partial charge in [-0.2, -0.15) is 0 Å². The number of alkyl halides is 2. The molecule has 0 amide bonds. The molecule has 0 aliphatic carbocycles. The third kappa shape index (κ3) is 2.39. The zero-order chi connectivity index (χ0) is 10.7. The van der Waals surface area contributed by atoms with Crippen molar-refractivity contribution in [2.75, 3.05) is 0 Å². The monoisotopic (exact) mass is 321 g/mol. The number of nitrogens with zero attached hydrogens (tertiary/aromatic N) is 1. The molecular formula is C8H5Br2NO3. The van der Waals surface area contributed by atoms with Gasteiger partial charge in [-0.15, -0.1) is 0 Å². The highest BCUT2D eigenvalue weighted by Gasteiger charge is 2.22. The topological polar surface area (TPSA) is 60.2 Å². The van der Waals surface area contributed by atoms with E-state index >= 15 is 0 Å². The molecular weight excluding hydrogens is 318 g/mol. The largest absolute Gasteiger partial charge is 0.292 e. The molecule has 0 aliphatic rings. The van der Waals surface area contributed by atoms with Crippen LogP contribution in [-0.4, -0.2) is 14.4 Å². The fourth-order valence-corrected chi connectivity index (χ4v) is 1.45. The highest BCUT2D eigenvalue weighted by atomic mass is 79.9. The summed E-state index contributed by atoms with van der Waals surface area (Å²) in [7, 11) is 0. The average molecular weight is 323 g/mol. The number of carbonyl (C=O) groups excluding carboxylic acids is 1. The summed E-state index contributed by atoms with van der Waals surface area (Å²) in [6.07, 6.45) is 0. The number of ketones is 1. The molecule has 74 valence electrons. The molecule has 1 aromatic carbocycles. The van der Waals surface area contributed by atoms with Gasteiger partial charge in [-0.1, -0.05) is 44.0 Å². The van der Waals surface area contributed by atoms with E-state index in [1.165, 1.54) is 18.2 Å². The zero-order valence-corrected chi connectivity index (χ0v) is 9.99. The number of nitro groups is 1. The maximum Gasteiger partial charge on any atom is 0.280 e. The maximum atomic E-state index is 11.5. The molecule has 0 saturated carbocycles. The van der Waals surface area contributed by atoms with Gasteiger partial charge >= 0.3 is 0 Å². The number of carbonyl (C=O) groups is 1. The molecule has 0 heterocycles. The van der Waals surface area contributed by atoms with E-state index in [9.17, 15) is 14.9 Å². The van der Waals surface area contributed by atoms with Crippen LogP contribution in [-0.2, 0) is 0 Å². The van der Waals surface area contributed by atoms with Gasteiger partial charge < -0.3 is 0 Å². The number of halogens is 2. The Balaban J connectivity index is 3.20. The van der Waals surface area contributed by atoms with E-state index in [1.807, 2.05) is 0 Å². The molecule has 0 fully saturated rings. The SMILES string of the molecule is O=C(c1ccccc1[N+](=O)[O-])C(Br)Br. The van der Waals surface area contributed by atoms with Crippen molar-refractivity contribution in [2.24, 2.45) is 0 Å². The Hall–Kier alpha value is -0.750. The first-order chi connectivity index (χ1) is 6.54. The van der Waals surface area contributed by atoms with Gasteiger partial charge in [-0.25, -0.2) is 0 Å². The number of nitro benzene ring substituents is 1. The highest BCUT2D eigenvalue weighted by molar-refractivity contribution is 9.25. The number of para-hydroxylation sites is 1. The predicted molar refractivity (Wildman–Crippen MR) is 59.1 cm³/mol. The van der Waals surface area contributed by atoms with Gasteiger partial charge in [-0.05, 0) is 6.07 Å². The van der Waals surface area contributed by atoms with E-state index in [4.69, 9.17) is 0 Å². The van der Waals surface area contributed by atoms with Crippen LogP contribution in [0, 0.1) is 10.1 Å². The molecule has 0 spiro atoms. The number of rotatable bonds is 3. The molecule has 0 aromatic heterocycles. The zero-order valence-electron chi connectivity index (χ0n) is 6.81. The molecule has 6 heteroatoms. The standard InChI is InChI=1S/C8H5Br2NO3/c9-8(10)7(12)5-3-1-2-4-6(5)11(13)14/h1-4,8H. The third-order valence-corrected chi connectivity index (χ3v) is 2.40. The number of hydrogen-bond acceptors (Lipinski definition) is 3. The van der Waals surface area contributed by atoms with Crippen molar-refractivity contribution in [3.8, 4) is 0 Å². The van der Waals surface area contributed by atoms with Crippen LogP contribution in [0.1, 0.15) is 10.4 Å². The summed E-state index contributed by atoms with van der Waals surface area (Å²) < 4.78 is -0.601. The Morgan fingerprint density at radius 3 is 2.43 bits per heavy atom. The second kappa shape index (κ2) is 4.65. The second-order valence-electron chi connectivity index (χ2n) is 2.44. The van der Waals surface area contributed by atoms with Crippen LogP contribution in [0.3, 0.4) is 0 Å². The normalized spacial score (nSPS) is 10.2. The quantitative estimate of drug-likeness (QED) is 0.372. The molecule has 14 heavy (non-hydrogen) atoms. The highest BCUT2D eigenvalue weighted by Crippen LogP contribution is 2.23. The van der Waals surface area contributed by atoms with Crippen molar-refractivity contribution >= 4 is 43.3 Å². The summed E-state index contributed by atoms with van der Waals surface area (Å²) in [6, 6.07) is 5.83. The van der Waals surface area contributed by atoms with Crippen LogP contribution in [0.2, 0.25) is 0 Å². The fourth-order valence-electron chi connectivity index (χ4n) is 0.959. The van der Waals surface area contributed by atoms with Crippen LogP contribution in [0.15, 0.2) is 24.3 Å². The lowest BCUT2D eigenvalue weighted by atomic mass is 10.1. The van der Waals surface area contributed by atoms with Crippen molar-refractivity contribution in [1.82, 2.24) is 0 Å². The summed E-state index contributed by atoms with van der Waals surface area (Å²) >= 11 is 6.01. The lowest BCUT2D eigenvalue weighted by molar-refractivity contribution is -0.385. The van der Waals surface area contributed by atoms with Crippen LogP contribution >= 0.6 is 31.9 Å². The maximum absolute atomic E-state index is 11.5. The summed E-state index contributed by atoms with van der Waals surface area (Å²) in [5.74, 6) is -0.364. The summed E-state index contributed by atoms with van der Waals surface area (Å²) in [4.78, 5) is 21.5. The molecule has 0 aliphatic heterocycles. The number of Topliss-reactive ketones (excluding diaryl/α,β-unsaturated/α-hetero) is 1. The molecule has 0 saturated heterocycles. The van der Waals surface area contributed by atoms with Gasteiger partial charge in [0.2, 0.25) is 0 Å². The first kappa shape index (κ1) is 11.3. The number of hydrogen-bond donors (Lipinski definition) is 0. The first-order valence-corrected chi connectivity index (χ1v) is 5.43. The Labute approximate surface area is 96.7 Å². The minimum atomic E-state index is -0.601. The van der Waals surface area contributed by atoms with Gasteiger partial charge in [0.05, 0.1) is 10.5 Å². The Kier molecular flexibility index (Phi) is 3.77. The number of benzene rings is 1. The Morgan fingerprint density at radius 2 is 1.93 bits per heavy atom. The lowest BCUT2D eigenvalue weighted by Crippen LogP contribution is -2.09. The van der Waals surface area contributed by atoms with Crippen LogP contribution in [0.4, 0.5) is 5.69 Å². The van der Waals surface area contributed by atoms with Crippen LogP contribution in [0.5, 0.6) is 0 Å². The fraction of sp³-hybridized carbons (Fsp3) is 0.125. The van der Waals surface area contributed by atoms with Gasteiger partial charge in [0, 0.05) is 6.07 Å². The van der Waals surface area contributed by atoms with Gasteiger partial charge in [0.25, 0.3) is 5.69 Å². The van der Waals surface area contributed by atoms with Crippen LogP contribution in [0.25, 0.3) is 0 Å². The molecule has 0 radical (unpaired) electrons. The van der Waals surface area contributed by atoms with Gasteiger partial charge in [-0.3, -0.25) is 14.9 Å². The van der Waals surface area contributed by atoms with Crippen molar-refractivity contribution in [3.05, 3.63) is 39.9 Å². The van der Waals surface area contributed by atoms with E-state index < -0.39 is 8.66 Å².